The van der Waals surface area contributed by atoms with E-state index in [0.29, 0.717) is 4.90 Å². The molecule has 1 aromatic rings. The highest BCUT2D eigenvalue weighted by Crippen LogP contribution is 2.23. The van der Waals surface area contributed by atoms with Crippen molar-refractivity contribution in [3.05, 3.63) is 23.8 Å². The molecule has 0 fully saturated rings. The fourth-order valence-electron chi connectivity index (χ4n) is 1.78. The number of hydrogen-bond acceptors (Lipinski definition) is 3. The first-order valence-corrected chi connectivity index (χ1v) is 6.04. The normalized spacial score (nSPS) is 11.7. The highest BCUT2D eigenvalue weighted by molar-refractivity contribution is 5.99. The average molecular weight is 290 g/mol. The second-order valence-electron chi connectivity index (χ2n) is 4.97. The molecular formula is C13H17F3N2O2. The van der Waals surface area contributed by atoms with Crippen LogP contribution in [0.25, 0.3) is 0 Å². The van der Waals surface area contributed by atoms with Crippen LogP contribution in [0.5, 0.6) is 5.75 Å². The van der Waals surface area contributed by atoms with Gasteiger partial charge in [-0.1, -0.05) is 13.8 Å². The largest absolute Gasteiger partial charge is 0.508 e. The van der Waals surface area contributed by atoms with Crippen molar-refractivity contribution in [2.24, 2.45) is 5.92 Å². The highest BCUT2D eigenvalue weighted by Gasteiger charge is 2.34. The summed E-state index contributed by atoms with van der Waals surface area (Å²) in [6, 6.07) is 3.62. The molecule has 7 heteroatoms. The Morgan fingerprint density at radius 1 is 1.40 bits per heavy atom. The maximum Gasteiger partial charge on any atom is 0.406 e. The minimum atomic E-state index is -4.49. The van der Waals surface area contributed by atoms with Gasteiger partial charge in [0, 0.05) is 12.2 Å². The van der Waals surface area contributed by atoms with Crippen LogP contribution in [0.3, 0.4) is 0 Å². The van der Waals surface area contributed by atoms with Gasteiger partial charge in [-0.2, -0.15) is 13.2 Å². The average Bonchev–Trinajstić information content (AvgIpc) is 2.28. The van der Waals surface area contributed by atoms with E-state index >= 15 is 0 Å². The Balaban J connectivity index is 3.06. The van der Waals surface area contributed by atoms with Crippen LogP contribution in [-0.2, 0) is 0 Å². The van der Waals surface area contributed by atoms with Gasteiger partial charge >= 0.3 is 6.18 Å². The molecule has 0 aromatic heterocycles. The zero-order valence-electron chi connectivity index (χ0n) is 11.2. The molecule has 4 nitrogen and oxygen atoms in total. The number of rotatable bonds is 4. The van der Waals surface area contributed by atoms with E-state index in [4.69, 9.17) is 5.73 Å². The fraction of sp³-hybridized carbons (Fsp3) is 0.462. The van der Waals surface area contributed by atoms with Crippen LogP contribution < -0.4 is 5.73 Å². The molecule has 0 heterocycles. The molecule has 1 aromatic carbocycles. The van der Waals surface area contributed by atoms with Crippen molar-refractivity contribution in [1.29, 1.82) is 0 Å². The van der Waals surface area contributed by atoms with Crippen LogP contribution in [-0.4, -0.2) is 35.2 Å². The van der Waals surface area contributed by atoms with Gasteiger partial charge in [-0.3, -0.25) is 4.79 Å². The fourth-order valence-corrected chi connectivity index (χ4v) is 1.78. The standard InChI is InChI=1S/C13H17F3N2O2/c1-8(2)6-18(7-13(14,15)16)12(20)10-5-9(19)3-4-11(10)17/h3-5,8,19H,6-7,17H2,1-2H3. The van der Waals surface area contributed by atoms with Crippen molar-refractivity contribution in [3.63, 3.8) is 0 Å². The van der Waals surface area contributed by atoms with Gasteiger partial charge in [0.2, 0.25) is 0 Å². The minimum Gasteiger partial charge on any atom is -0.508 e. The Hall–Kier alpha value is -1.92. The topological polar surface area (TPSA) is 66.6 Å². The molecule has 0 unspecified atom stereocenters. The Morgan fingerprint density at radius 3 is 2.50 bits per heavy atom. The van der Waals surface area contributed by atoms with Gasteiger partial charge in [0.1, 0.15) is 12.3 Å². The molecule has 1 rings (SSSR count). The lowest BCUT2D eigenvalue weighted by molar-refractivity contribution is -0.141. The minimum absolute atomic E-state index is 0.0312. The summed E-state index contributed by atoms with van der Waals surface area (Å²) < 4.78 is 37.6. The van der Waals surface area contributed by atoms with Crippen molar-refractivity contribution < 1.29 is 23.1 Å². The first-order chi connectivity index (χ1) is 9.10. The summed E-state index contributed by atoms with van der Waals surface area (Å²) in [6.45, 7) is 2.03. The van der Waals surface area contributed by atoms with Crippen molar-refractivity contribution in [3.8, 4) is 5.75 Å². The number of aromatic hydroxyl groups is 1. The third-order valence-electron chi connectivity index (χ3n) is 2.51. The van der Waals surface area contributed by atoms with E-state index in [-0.39, 0.29) is 29.5 Å². The van der Waals surface area contributed by atoms with Gasteiger partial charge in [-0.15, -0.1) is 0 Å². The van der Waals surface area contributed by atoms with E-state index in [1.54, 1.807) is 13.8 Å². The summed E-state index contributed by atoms with van der Waals surface area (Å²) in [5, 5.41) is 9.33. The van der Waals surface area contributed by atoms with Gasteiger partial charge in [-0.05, 0) is 24.1 Å². The van der Waals surface area contributed by atoms with E-state index in [2.05, 4.69) is 0 Å². The first-order valence-electron chi connectivity index (χ1n) is 6.04. The molecule has 0 saturated carbocycles. The lowest BCUT2D eigenvalue weighted by Crippen LogP contribution is -2.41. The number of nitrogens with zero attached hydrogens (tertiary/aromatic N) is 1. The predicted octanol–water partition coefficient (Wildman–Crippen LogP) is 2.63. The maximum absolute atomic E-state index is 12.5. The lowest BCUT2D eigenvalue weighted by atomic mass is 10.1. The number of phenolic OH excluding ortho intramolecular Hbond substituents is 1. The van der Waals surface area contributed by atoms with Crippen LogP contribution in [0, 0.1) is 5.92 Å². The molecule has 0 saturated heterocycles. The van der Waals surface area contributed by atoms with E-state index in [1.807, 2.05) is 0 Å². The number of benzene rings is 1. The molecule has 0 bridgehead atoms. The van der Waals surface area contributed by atoms with E-state index < -0.39 is 18.6 Å². The number of carbonyl (C=O) groups excluding carboxylic acids is 1. The van der Waals surface area contributed by atoms with Gasteiger partial charge in [0.15, 0.2) is 0 Å². The van der Waals surface area contributed by atoms with E-state index in [1.165, 1.54) is 12.1 Å². The second kappa shape index (κ2) is 6.02. The van der Waals surface area contributed by atoms with Gasteiger partial charge in [0.25, 0.3) is 5.91 Å². The smallest absolute Gasteiger partial charge is 0.406 e. The summed E-state index contributed by atoms with van der Waals surface area (Å²) in [4.78, 5) is 12.9. The zero-order chi connectivity index (χ0) is 15.5. The molecule has 1 amide bonds. The van der Waals surface area contributed by atoms with E-state index in [0.717, 1.165) is 6.07 Å². The monoisotopic (exact) mass is 290 g/mol. The quantitative estimate of drug-likeness (QED) is 0.661. The molecular weight excluding hydrogens is 273 g/mol. The molecule has 20 heavy (non-hydrogen) atoms. The number of nitrogens with two attached hydrogens (primary N) is 1. The Bertz CT molecular complexity index is 487. The molecule has 0 atom stereocenters. The third kappa shape index (κ3) is 4.64. The molecule has 0 aliphatic rings. The van der Waals surface area contributed by atoms with Crippen molar-refractivity contribution in [2.75, 3.05) is 18.8 Å². The third-order valence-corrected chi connectivity index (χ3v) is 2.51. The SMILES string of the molecule is CC(C)CN(CC(F)(F)F)C(=O)c1cc(O)ccc1N. The number of amides is 1. The van der Waals surface area contributed by atoms with Crippen molar-refractivity contribution in [1.82, 2.24) is 4.90 Å². The number of carbonyl (C=O) groups is 1. The second-order valence-corrected chi connectivity index (χ2v) is 4.97. The Kier molecular flexibility index (Phi) is 4.86. The van der Waals surface area contributed by atoms with Gasteiger partial charge in [-0.25, -0.2) is 0 Å². The van der Waals surface area contributed by atoms with Crippen LogP contribution >= 0.6 is 0 Å². The summed E-state index contributed by atoms with van der Waals surface area (Å²) in [5.74, 6) is -1.19. The Morgan fingerprint density at radius 2 is 2.00 bits per heavy atom. The number of halogens is 3. The summed E-state index contributed by atoms with van der Waals surface area (Å²) >= 11 is 0. The van der Waals surface area contributed by atoms with Crippen LogP contribution in [0.1, 0.15) is 24.2 Å². The number of hydrogen-bond donors (Lipinski definition) is 2. The lowest BCUT2D eigenvalue weighted by Gasteiger charge is -2.26. The van der Waals surface area contributed by atoms with Crippen LogP contribution in [0.4, 0.5) is 18.9 Å². The number of anilines is 1. The molecule has 0 radical (unpaired) electrons. The zero-order valence-corrected chi connectivity index (χ0v) is 11.2. The van der Waals surface area contributed by atoms with Crippen LogP contribution in [0.2, 0.25) is 0 Å². The van der Waals surface area contributed by atoms with Gasteiger partial charge in [0.05, 0.1) is 5.56 Å². The molecule has 0 aliphatic heterocycles. The maximum atomic E-state index is 12.5. The number of nitrogen functional groups attached to an aromatic ring is 1. The summed E-state index contributed by atoms with van der Waals surface area (Å²) in [6.07, 6.45) is -4.49. The first kappa shape index (κ1) is 16.1. The molecule has 0 aliphatic carbocycles. The number of phenols is 1. The van der Waals surface area contributed by atoms with Gasteiger partial charge < -0.3 is 15.7 Å². The van der Waals surface area contributed by atoms with Crippen LogP contribution in [0.15, 0.2) is 18.2 Å². The van der Waals surface area contributed by atoms with Crippen molar-refractivity contribution >= 4 is 11.6 Å². The van der Waals surface area contributed by atoms with E-state index in [9.17, 15) is 23.1 Å². The summed E-state index contributed by atoms with van der Waals surface area (Å²) in [5.41, 5.74) is 5.48. The molecule has 112 valence electrons. The number of alkyl halides is 3. The molecule has 0 spiro atoms. The van der Waals surface area contributed by atoms with Crippen molar-refractivity contribution in [2.45, 2.75) is 20.0 Å². The predicted molar refractivity (Wildman–Crippen MR) is 69.3 cm³/mol. The highest BCUT2D eigenvalue weighted by atomic mass is 19.4. The Labute approximate surface area is 115 Å². The molecule has 3 N–H and O–H groups in total. The summed E-state index contributed by atoms with van der Waals surface area (Å²) in [7, 11) is 0.